The van der Waals surface area contributed by atoms with E-state index in [0.717, 1.165) is 5.56 Å². The summed E-state index contributed by atoms with van der Waals surface area (Å²) in [6.45, 7) is 3.82. The van der Waals surface area contributed by atoms with E-state index in [4.69, 9.17) is 5.73 Å². The zero-order valence-electron chi connectivity index (χ0n) is 17.2. The summed E-state index contributed by atoms with van der Waals surface area (Å²) in [6, 6.07) is 6.17. The predicted molar refractivity (Wildman–Crippen MR) is 111 cm³/mol. The van der Waals surface area contributed by atoms with Crippen molar-refractivity contribution < 1.29 is 19.5 Å². The van der Waals surface area contributed by atoms with Crippen LogP contribution < -0.4 is 16.4 Å². The molecule has 9 heteroatoms. The van der Waals surface area contributed by atoms with Gasteiger partial charge in [0.1, 0.15) is 12.1 Å². The lowest BCUT2D eigenvalue weighted by molar-refractivity contribution is -0.142. The molecular formula is C21H29N5O4. The Morgan fingerprint density at radius 3 is 2.30 bits per heavy atom. The topological polar surface area (TPSA) is 150 Å². The number of carbonyl (C=O) groups is 3. The zero-order chi connectivity index (χ0) is 22.1. The monoisotopic (exact) mass is 415 g/mol. The van der Waals surface area contributed by atoms with E-state index in [1.54, 1.807) is 30.5 Å². The zero-order valence-corrected chi connectivity index (χ0v) is 17.2. The van der Waals surface area contributed by atoms with Crippen LogP contribution in [0.15, 0.2) is 42.9 Å². The first-order valence-electron chi connectivity index (χ1n) is 9.86. The number of imidazole rings is 1. The van der Waals surface area contributed by atoms with Crippen molar-refractivity contribution in [2.75, 3.05) is 0 Å². The average molecular weight is 415 g/mol. The van der Waals surface area contributed by atoms with Crippen LogP contribution in [0, 0.1) is 5.92 Å². The number of carboxylic acids is 1. The average Bonchev–Trinajstić information content (AvgIpc) is 3.20. The van der Waals surface area contributed by atoms with Crippen LogP contribution in [-0.4, -0.2) is 51.0 Å². The molecule has 1 aromatic heterocycles. The van der Waals surface area contributed by atoms with Gasteiger partial charge in [0.2, 0.25) is 11.8 Å². The molecule has 1 heterocycles. The van der Waals surface area contributed by atoms with Gasteiger partial charge in [-0.25, -0.2) is 9.78 Å². The van der Waals surface area contributed by atoms with Crippen LogP contribution in [0.3, 0.4) is 0 Å². The number of hydrogen-bond donors (Lipinski definition) is 5. The highest BCUT2D eigenvalue weighted by molar-refractivity contribution is 5.91. The Bertz CT molecular complexity index is 823. The molecule has 2 rings (SSSR count). The maximum atomic E-state index is 12.8. The van der Waals surface area contributed by atoms with Gasteiger partial charge in [0.15, 0.2) is 0 Å². The highest BCUT2D eigenvalue weighted by atomic mass is 16.4. The van der Waals surface area contributed by atoms with Gasteiger partial charge >= 0.3 is 5.97 Å². The summed E-state index contributed by atoms with van der Waals surface area (Å²) in [4.78, 5) is 43.7. The van der Waals surface area contributed by atoms with Gasteiger partial charge in [-0.1, -0.05) is 44.2 Å². The van der Waals surface area contributed by atoms with Crippen LogP contribution in [0.1, 0.15) is 31.5 Å². The van der Waals surface area contributed by atoms with Gasteiger partial charge in [-0.2, -0.15) is 0 Å². The Morgan fingerprint density at radius 2 is 1.73 bits per heavy atom. The van der Waals surface area contributed by atoms with Gasteiger partial charge in [-0.3, -0.25) is 9.59 Å². The van der Waals surface area contributed by atoms with E-state index in [0.29, 0.717) is 12.1 Å². The van der Waals surface area contributed by atoms with Crippen molar-refractivity contribution in [2.45, 2.75) is 51.2 Å². The second-order valence-corrected chi connectivity index (χ2v) is 7.67. The number of carbonyl (C=O) groups excluding carboxylic acids is 2. The van der Waals surface area contributed by atoms with Crippen molar-refractivity contribution in [3.8, 4) is 0 Å². The third-order valence-electron chi connectivity index (χ3n) is 4.57. The molecule has 0 fully saturated rings. The lowest BCUT2D eigenvalue weighted by Gasteiger charge is -2.24. The predicted octanol–water partition coefficient (Wildman–Crippen LogP) is 0.623. The second kappa shape index (κ2) is 11.1. The molecule has 2 aromatic rings. The molecule has 6 N–H and O–H groups in total. The molecule has 0 bridgehead atoms. The van der Waals surface area contributed by atoms with Crippen molar-refractivity contribution in [3.63, 3.8) is 0 Å². The van der Waals surface area contributed by atoms with Crippen LogP contribution in [0.5, 0.6) is 0 Å². The van der Waals surface area contributed by atoms with Crippen molar-refractivity contribution in [1.29, 1.82) is 0 Å². The molecule has 0 aliphatic heterocycles. The lowest BCUT2D eigenvalue weighted by atomic mass is 10.0. The third-order valence-corrected chi connectivity index (χ3v) is 4.57. The molecule has 1 aromatic carbocycles. The van der Waals surface area contributed by atoms with E-state index in [1.165, 1.54) is 6.33 Å². The molecule has 162 valence electrons. The molecule has 0 radical (unpaired) electrons. The summed E-state index contributed by atoms with van der Waals surface area (Å²) >= 11 is 0. The van der Waals surface area contributed by atoms with Gasteiger partial charge in [0.25, 0.3) is 0 Å². The summed E-state index contributed by atoms with van der Waals surface area (Å²) in [5.41, 5.74) is 7.45. The van der Waals surface area contributed by atoms with Gasteiger partial charge in [-0.05, 0) is 17.9 Å². The van der Waals surface area contributed by atoms with Gasteiger partial charge in [-0.15, -0.1) is 0 Å². The minimum atomic E-state index is -1.14. The molecular weight excluding hydrogens is 386 g/mol. The number of H-pyrrole nitrogens is 1. The molecule has 3 unspecified atom stereocenters. The normalized spacial score (nSPS) is 14.0. The van der Waals surface area contributed by atoms with E-state index in [-0.39, 0.29) is 18.8 Å². The fraction of sp³-hybridized carbons (Fsp3) is 0.429. The summed E-state index contributed by atoms with van der Waals surface area (Å²) < 4.78 is 0. The first-order valence-corrected chi connectivity index (χ1v) is 9.86. The Hall–Kier alpha value is -3.20. The first-order chi connectivity index (χ1) is 14.3. The Morgan fingerprint density at radius 1 is 1.07 bits per heavy atom. The smallest absolute Gasteiger partial charge is 0.326 e. The molecule has 0 aliphatic carbocycles. The number of nitrogens with two attached hydrogens (primary N) is 1. The molecule has 3 atom stereocenters. The number of aliphatic carboxylic acids is 1. The van der Waals surface area contributed by atoms with Gasteiger partial charge < -0.3 is 26.5 Å². The summed E-state index contributed by atoms with van der Waals surface area (Å²) in [6.07, 6.45) is 3.81. The van der Waals surface area contributed by atoms with E-state index in [9.17, 15) is 19.5 Å². The van der Waals surface area contributed by atoms with Crippen molar-refractivity contribution in [2.24, 2.45) is 11.7 Å². The number of benzene rings is 1. The van der Waals surface area contributed by atoms with E-state index in [1.807, 2.05) is 19.9 Å². The molecule has 0 aliphatic rings. The summed E-state index contributed by atoms with van der Waals surface area (Å²) in [7, 11) is 0. The molecule has 0 saturated heterocycles. The maximum absolute atomic E-state index is 12.8. The highest BCUT2D eigenvalue weighted by Gasteiger charge is 2.28. The third kappa shape index (κ3) is 7.32. The fourth-order valence-electron chi connectivity index (χ4n) is 3.03. The van der Waals surface area contributed by atoms with Crippen LogP contribution in [0.25, 0.3) is 0 Å². The lowest BCUT2D eigenvalue weighted by Crippen LogP contribution is -2.55. The standard InChI is InChI=1S/C21H29N5O4/c1-13(2)8-17(25-19(27)16(22)10-15-11-23-12-24-15)20(28)26-18(21(29)30)9-14-6-4-3-5-7-14/h3-7,11-13,16-18H,8-10,22H2,1-2H3,(H,23,24)(H,25,27)(H,26,28)(H,29,30). The van der Waals surface area contributed by atoms with E-state index in [2.05, 4.69) is 20.6 Å². The quantitative estimate of drug-likeness (QED) is 0.363. The van der Waals surface area contributed by atoms with Crippen molar-refractivity contribution >= 4 is 17.8 Å². The number of nitrogens with one attached hydrogen (secondary N) is 3. The number of amides is 2. The fourth-order valence-corrected chi connectivity index (χ4v) is 3.03. The van der Waals surface area contributed by atoms with Crippen molar-refractivity contribution in [3.05, 3.63) is 54.1 Å². The maximum Gasteiger partial charge on any atom is 0.326 e. The number of nitrogens with zero attached hydrogens (tertiary/aromatic N) is 1. The van der Waals surface area contributed by atoms with Crippen LogP contribution >= 0.6 is 0 Å². The van der Waals surface area contributed by atoms with Gasteiger partial charge in [0.05, 0.1) is 12.4 Å². The minimum Gasteiger partial charge on any atom is -0.480 e. The molecule has 9 nitrogen and oxygen atoms in total. The van der Waals surface area contributed by atoms with Gasteiger partial charge in [0, 0.05) is 24.7 Å². The first kappa shape index (κ1) is 23.1. The molecule has 2 amide bonds. The molecule has 0 saturated carbocycles. The van der Waals surface area contributed by atoms with E-state index < -0.39 is 35.9 Å². The van der Waals surface area contributed by atoms with Crippen molar-refractivity contribution in [1.82, 2.24) is 20.6 Å². The highest BCUT2D eigenvalue weighted by Crippen LogP contribution is 2.08. The number of carboxylic acid groups (broad SMARTS) is 1. The minimum absolute atomic E-state index is 0.0993. The van der Waals surface area contributed by atoms with Crippen LogP contribution in [0.4, 0.5) is 0 Å². The summed E-state index contributed by atoms with van der Waals surface area (Å²) in [5, 5.41) is 14.7. The Kier molecular flexibility index (Phi) is 8.54. The van der Waals surface area contributed by atoms with E-state index >= 15 is 0 Å². The Labute approximate surface area is 175 Å². The largest absolute Gasteiger partial charge is 0.480 e. The summed E-state index contributed by atoms with van der Waals surface area (Å²) in [5.74, 6) is -2.07. The number of aromatic nitrogens is 2. The number of aromatic amines is 1. The molecule has 30 heavy (non-hydrogen) atoms. The number of hydrogen-bond acceptors (Lipinski definition) is 5. The Balaban J connectivity index is 2.03. The SMILES string of the molecule is CC(C)CC(NC(=O)C(N)Cc1cnc[nH]1)C(=O)NC(Cc1ccccc1)C(=O)O. The van der Waals surface area contributed by atoms with Crippen LogP contribution in [-0.2, 0) is 27.2 Å². The van der Waals surface area contributed by atoms with Crippen LogP contribution in [0.2, 0.25) is 0 Å². The molecule has 0 spiro atoms. The second-order valence-electron chi connectivity index (χ2n) is 7.67. The number of rotatable bonds is 11.